The summed E-state index contributed by atoms with van der Waals surface area (Å²) >= 11 is 0. The van der Waals surface area contributed by atoms with Gasteiger partial charge >= 0.3 is 12.2 Å². The van der Waals surface area contributed by atoms with Crippen molar-refractivity contribution in [2.24, 2.45) is 5.92 Å². The van der Waals surface area contributed by atoms with Gasteiger partial charge in [-0.25, -0.2) is 9.18 Å². The minimum absolute atomic E-state index is 0.0851. The van der Waals surface area contributed by atoms with Crippen molar-refractivity contribution >= 4 is 23.8 Å². The second kappa shape index (κ2) is 11.6. The number of likely N-dealkylation sites (N-methyl/N-ethyl adjacent to an activating group) is 1. The van der Waals surface area contributed by atoms with Crippen molar-refractivity contribution in [2.45, 2.75) is 51.0 Å². The summed E-state index contributed by atoms with van der Waals surface area (Å²) in [5, 5.41) is 2.40. The number of nitrogens with one attached hydrogen (secondary N) is 1. The molecule has 0 radical (unpaired) electrons. The maximum absolute atomic E-state index is 14.3. The van der Waals surface area contributed by atoms with Crippen LogP contribution in [0.2, 0.25) is 0 Å². The number of hydrogen-bond acceptors (Lipinski definition) is 5. The monoisotopic (exact) mass is 592 g/mol. The fraction of sp³-hybridized carbons (Fsp3) is 0.448. The van der Waals surface area contributed by atoms with E-state index in [1.807, 2.05) is 0 Å². The van der Waals surface area contributed by atoms with Gasteiger partial charge < -0.3 is 19.9 Å². The molecule has 0 aromatic heterocycles. The standard InChI is InChI=1S/C29H32F4N4O5/c1-17(2)23(34-24(38)21-15-19(29(31,32)33)7-10-22(21)30)25(39)36-13-11-28(12-14-36)26(40)35(3)27(41)37(28)16-18-5-8-20(42-4)9-6-18/h5-10,15,17,23H,11-14,16H2,1-4H3,(H,34,38). The average Bonchev–Trinajstić information content (AvgIpc) is 3.12. The van der Waals surface area contributed by atoms with Crippen LogP contribution in [0.3, 0.4) is 0 Å². The molecule has 13 heteroatoms. The molecule has 1 unspecified atom stereocenters. The highest BCUT2D eigenvalue weighted by molar-refractivity contribution is 6.07. The number of halogens is 4. The molecule has 0 aliphatic carbocycles. The molecule has 226 valence electrons. The molecule has 0 bridgehead atoms. The summed E-state index contributed by atoms with van der Waals surface area (Å²) in [6, 6.07) is 6.98. The van der Waals surface area contributed by atoms with Gasteiger partial charge in [-0.2, -0.15) is 13.2 Å². The first kappa shape index (κ1) is 30.8. The van der Waals surface area contributed by atoms with Gasteiger partial charge in [0.05, 0.1) is 18.2 Å². The number of hydrogen-bond donors (Lipinski definition) is 1. The van der Waals surface area contributed by atoms with Crippen LogP contribution >= 0.6 is 0 Å². The van der Waals surface area contributed by atoms with E-state index in [0.29, 0.717) is 23.9 Å². The molecule has 2 fully saturated rings. The third-order valence-corrected chi connectivity index (χ3v) is 7.90. The zero-order valence-electron chi connectivity index (χ0n) is 23.6. The van der Waals surface area contributed by atoms with Crippen LogP contribution in [0.4, 0.5) is 22.4 Å². The normalized spacial score (nSPS) is 17.7. The van der Waals surface area contributed by atoms with E-state index in [9.17, 15) is 36.7 Å². The Morgan fingerprint density at radius 2 is 1.67 bits per heavy atom. The first-order chi connectivity index (χ1) is 19.7. The summed E-state index contributed by atoms with van der Waals surface area (Å²) in [4.78, 5) is 56.8. The molecule has 2 heterocycles. The van der Waals surface area contributed by atoms with Gasteiger partial charge in [-0.15, -0.1) is 0 Å². The van der Waals surface area contributed by atoms with Crippen LogP contribution in [0.25, 0.3) is 0 Å². The van der Waals surface area contributed by atoms with E-state index in [-0.39, 0.29) is 38.4 Å². The second-order valence-electron chi connectivity index (χ2n) is 10.8. The summed E-state index contributed by atoms with van der Waals surface area (Å²) in [6.45, 7) is 3.62. The minimum atomic E-state index is -4.78. The third-order valence-electron chi connectivity index (χ3n) is 7.90. The molecule has 9 nitrogen and oxygen atoms in total. The van der Waals surface area contributed by atoms with Gasteiger partial charge in [0.2, 0.25) is 5.91 Å². The van der Waals surface area contributed by atoms with Crippen molar-refractivity contribution in [3.63, 3.8) is 0 Å². The van der Waals surface area contributed by atoms with Crippen LogP contribution < -0.4 is 10.1 Å². The number of methoxy groups -OCH3 is 1. The Balaban J connectivity index is 1.50. The van der Waals surface area contributed by atoms with Crippen LogP contribution in [-0.2, 0) is 22.3 Å². The maximum Gasteiger partial charge on any atom is 0.416 e. The largest absolute Gasteiger partial charge is 0.497 e. The Bertz CT molecular complexity index is 1370. The molecule has 2 saturated heterocycles. The van der Waals surface area contributed by atoms with Gasteiger partial charge in [0, 0.05) is 26.7 Å². The van der Waals surface area contributed by atoms with Crippen LogP contribution in [0, 0.1) is 11.7 Å². The zero-order chi connectivity index (χ0) is 31.0. The molecule has 42 heavy (non-hydrogen) atoms. The summed E-state index contributed by atoms with van der Waals surface area (Å²) in [5.74, 6) is -3.04. The van der Waals surface area contributed by atoms with Crippen molar-refractivity contribution in [2.75, 3.05) is 27.2 Å². The Labute approximate surface area is 240 Å². The lowest BCUT2D eigenvalue weighted by molar-refractivity contribution is -0.142. The zero-order valence-corrected chi connectivity index (χ0v) is 23.6. The van der Waals surface area contributed by atoms with E-state index in [1.165, 1.54) is 24.0 Å². The van der Waals surface area contributed by atoms with Crippen molar-refractivity contribution in [3.05, 3.63) is 65.0 Å². The number of urea groups is 1. The number of nitrogens with zero attached hydrogens (tertiary/aromatic N) is 3. The van der Waals surface area contributed by atoms with E-state index in [0.717, 1.165) is 10.5 Å². The number of carbonyl (C=O) groups is 4. The number of rotatable bonds is 7. The minimum Gasteiger partial charge on any atom is -0.497 e. The Kier molecular flexibility index (Phi) is 8.51. The third kappa shape index (κ3) is 5.77. The summed E-state index contributed by atoms with van der Waals surface area (Å²) < 4.78 is 58.9. The van der Waals surface area contributed by atoms with Crippen LogP contribution in [0.1, 0.15) is 48.2 Å². The SMILES string of the molecule is COc1ccc(CN2C(=O)N(C)C(=O)C23CCN(C(=O)C(NC(=O)c2cc(C(F)(F)F)ccc2F)C(C)C)CC3)cc1. The van der Waals surface area contributed by atoms with E-state index >= 15 is 0 Å². The van der Waals surface area contributed by atoms with Gasteiger partial charge in [0.1, 0.15) is 23.1 Å². The molecule has 2 aliphatic rings. The first-order valence-electron chi connectivity index (χ1n) is 13.4. The van der Waals surface area contributed by atoms with Gasteiger partial charge in [0.25, 0.3) is 11.8 Å². The predicted molar refractivity (Wildman–Crippen MR) is 143 cm³/mol. The molecule has 4 rings (SSSR count). The lowest BCUT2D eigenvalue weighted by Gasteiger charge is -2.43. The maximum atomic E-state index is 14.3. The fourth-order valence-electron chi connectivity index (χ4n) is 5.40. The molecule has 1 spiro atoms. The second-order valence-corrected chi connectivity index (χ2v) is 10.8. The van der Waals surface area contributed by atoms with Gasteiger partial charge in [-0.05, 0) is 54.7 Å². The van der Waals surface area contributed by atoms with Gasteiger partial charge in [-0.3, -0.25) is 19.3 Å². The predicted octanol–water partition coefficient (Wildman–Crippen LogP) is 4.06. The van der Waals surface area contributed by atoms with Crippen LogP contribution in [0.15, 0.2) is 42.5 Å². The van der Waals surface area contributed by atoms with Crippen molar-refractivity contribution in [1.82, 2.24) is 20.0 Å². The van der Waals surface area contributed by atoms with Gasteiger partial charge in [0.15, 0.2) is 0 Å². The highest BCUT2D eigenvalue weighted by Crippen LogP contribution is 2.38. The quantitative estimate of drug-likeness (QED) is 0.386. The number of ether oxygens (including phenoxy) is 1. The topological polar surface area (TPSA) is 99.3 Å². The van der Waals surface area contributed by atoms with Crippen LogP contribution in [0.5, 0.6) is 5.75 Å². The number of carbonyl (C=O) groups excluding carboxylic acids is 4. The number of amides is 5. The molecular formula is C29H32F4N4O5. The Morgan fingerprint density at radius 3 is 2.21 bits per heavy atom. The molecule has 1 atom stereocenters. The van der Waals surface area contributed by atoms with E-state index in [4.69, 9.17) is 4.74 Å². The molecule has 0 saturated carbocycles. The molecule has 2 aromatic carbocycles. The average molecular weight is 593 g/mol. The van der Waals surface area contributed by atoms with Gasteiger partial charge in [-0.1, -0.05) is 26.0 Å². The Hall–Kier alpha value is -4.16. The molecular weight excluding hydrogens is 560 g/mol. The van der Waals surface area contributed by atoms with Crippen molar-refractivity contribution < 1.29 is 41.5 Å². The lowest BCUT2D eigenvalue weighted by Crippen LogP contribution is -2.60. The fourth-order valence-corrected chi connectivity index (χ4v) is 5.40. The smallest absolute Gasteiger partial charge is 0.416 e. The molecule has 5 amide bonds. The van der Waals surface area contributed by atoms with Crippen molar-refractivity contribution in [1.29, 1.82) is 0 Å². The summed E-state index contributed by atoms with van der Waals surface area (Å²) in [6.07, 6.45) is -4.50. The van der Waals surface area contributed by atoms with E-state index in [1.54, 1.807) is 38.1 Å². The van der Waals surface area contributed by atoms with E-state index < -0.39 is 58.5 Å². The Morgan fingerprint density at radius 1 is 1.05 bits per heavy atom. The number of benzene rings is 2. The number of imide groups is 1. The number of piperidine rings is 1. The molecule has 1 N–H and O–H groups in total. The highest BCUT2D eigenvalue weighted by Gasteiger charge is 2.57. The van der Waals surface area contributed by atoms with Crippen molar-refractivity contribution in [3.8, 4) is 5.75 Å². The van der Waals surface area contributed by atoms with E-state index in [2.05, 4.69) is 5.32 Å². The summed E-state index contributed by atoms with van der Waals surface area (Å²) in [7, 11) is 2.95. The number of likely N-dealkylation sites (tertiary alicyclic amines) is 1. The van der Waals surface area contributed by atoms with Crippen LogP contribution in [-0.4, -0.2) is 77.3 Å². The highest BCUT2D eigenvalue weighted by atomic mass is 19.4. The first-order valence-corrected chi connectivity index (χ1v) is 13.4. The number of alkyl halides is 3. The molecule has 2 aliphatic heterocycles. The summed E-state index contributed by atoms with van der Waals surface area (Å²) in [5.41, 5.74) is -2.40. The lowest BCUT2D eigenvalue weighted by atomic mass is 9.85. The molecule has 2 aromatic rings.